The molecule has 2 aliphatic rings. The SMILES string of the molecule is CPc1c2n(ccc1=O)N[C@@H]1COCCN1C2=O. The lowest BCUT2D eigenvalue weighted by Gasteiger charge is -2.41. The van der Waals surface area contributed by atoms with Crippen LogP contribution < -0.4 is 16.2 Å². The summed E-state index contributed by atoms with van der Waals surface area (Å²) in [5, 5.41) is 0.597. The third kappa shape index (κ3) is 1.64. The Kier molecular flexibility index (Phi) is 2.84. The molecule has 1 N–H and O–H groups in total. The lowest BCUT2D eigenvalue weighted by Crippen LogP contribution is -2.60. The van der Waals surface area contributed by atoms with E-state index < -0.39 is 0 Å². The van der Waals surface area contributed by atoms with Gasteiger partial charge in [-0.3, -0.25) is 14.3 Å². The van der Waals surface area contributed by atoms with Gasteiger partial charge in [0.15, 0.2) is 5.43 Å². The van der Waals surface area contributed by atoms with Crippen LogP contribution in [0.15, 0.2) is 17.1 Å². The normalized spacial score (nSPS) is 22.8. The zero-order valence-corrected chi connectivity index (χ0v) is 11.0. The molecule has 1 aromatic heterocycles. The van der Waals surface area contributed by atoms with Crippen molar-refractivity contribution in [3.63, 3.8) is 0 Å². The largest absolute Gasteiger partial charge is 0.375 e. The lowest BCUT2D eigenvalue weighted by molar-refractivity contribution is -0.00266. The van der Waals surface area contributed by atoms with Gasteiger partial charge in [-0.1, -0.05) is 8.58 Å². The fourth-order valence-corrected chi connectivity index (χ4v) is 3.14. The van der Waals surface area contributed by atoms with E-state index in [9.17, 15) is 9.59 Å². The first-order valence-corrected chi connectivity index (χ1v) is 7.31. The van der Waals surface area contributed by atoms with E-state index in [1.807, 2.05) is 6.66 Å². The molecule has 0 saturated carbocycles. The number of nitrogens with zero attached hydrogens (tertiary/aromatic N) is 2. The van der Waals surface area contributed by atoms with E-state index in [0.717, 1.165) is 0 Å². The minimum atomic E-state index is -0.144. The van der Waals surface area contributed by atoms with E-state index in [2.05, 4.69) is 5.43 Å². The first kappa shape index (κ1) is 11.7. The standard InChI is InChI=1S/C11H14N3O3P/c1-18-10-7(15)2-3-14-9(10)11(16)13-4-5-17-6-8(13)12-14/h2-3,8,12,18H,4-6H2,1H3/t8-/m0/s1. The summed E-state index contributed by atoms with van der Waals surface area (Å²) in [6.07, 6.45) is 1.47. The highest BCUT2D eigenvalue weighted by molar-refractivity contribution is 7.46. The van der Waals surface area contributed by atoms with Crippen molar-refractivity contribution < 1.29 is 9.53 Å². The van der Waals surface area contributed by atoms with Crippen LogP contribution in [0.4, 0.5) is 0 Å². The van der Waals surface area contributed by atoms with Gasteiger partial charge in [-0.05, 0) is 6.66 Å². The molecular weight excluding hydrogens is 253 g/mol. The molecule has 2 aliphatic heterocycles. The highest BCUT2D eigenvalue weighted by Crippen LogP contribution is 2.17. The molecule has 0 spiro atoms. The Balaban J connectivity index is 2.13. The Labute approximate surface area is 106 Å². The van der Waals surface area contributed by atoms with Gasteiger partial charge in [0.2, 0.25) is 0 Å². The Morgan fingerprint density at radius 2 is 2.33 bits per heavy atom. The first-order valence-electron chi connectivity index (χ1n) is 5.81. The summed E-state index contributed by atoms with van der Waals surface area (Å²) < 4.78 is 7.01. The molecule has 0 radical (unpaired) electrons. The number of fused-ring (bicyclic) bond motifs is 2. The number of aromatic nitrogens is 1. The van der Waals surface area contributed by atoms with Crippen LogP contribution >= 0.6 is 8.58 Å². The predicted molar refractivity (Wildman–Crippen MR) is 69.6 cm³/mol. The third-order valence-corrected chi connectivity index (χ3v) is 4.21. The zero-order valence-electron chi connectivity index (χ0n) is 9.97. The average molecular weight is 267 g/mol. The topological polar surface area (TPSA) is 63.6 Å². The van der Waals surface area contributed by atoms with Crippen LogP contribution in [0.2, 0.25) is 0 Å². The second-order valence-corrected chi connectivity index (χ2v) is 5.24. The predicted octanol–water partition coefficient (Wildman–Crippen LogP) is -0.862. The van der Waals surface area contributed by atoms with Crippen LogP contribution in [-0.4, -0.2) is 48.1 Å². The zero-order chi connectivity index (χ0) is 12.7. The monoisotopic (exact) mass is 267 g/mol. The smallest absolute Gasteiger partial charge is 0.275 e. The molecule has 0 bridgehead atoms. The quantitative estimate of drug-likeness (QED) is 0.672. The van der Waals surface area contributed by atoms with Crippen molar-refractivity contribution in [3.8, 4) is 0 Å². The molecule has 3 heterocycles. The first-order chi connectivity index (χ1) is 8.72. The molecule has 2 atom stereocenters. The van der Waals surface area contributed by atoms with Crippen molar-refractivity contribution in [2.75, 3.05) is 31.8 Å². The molecule has 1 aromatic rings. The lowest BCUT2D eigenvalue weighted by atomic mass is 10.2. The second-order valence-electron chi connectivity index (χ2n) is 4.24. The molecule has 96 valence electrons. The molecule has 1 saturated heterocycles. The van der Waals surface area contributed by atoms with Crippen LogP contribution in [0.3, 0.4) is 0 Å². The van der Waals surface area contributed by atoms with Gasteiger partial charge in [-0.25, -0.2) is 0 Å². The minimum Gasteiger partial charge on any atom is -0.375 e. The molecule has 6 nitrogen and oxygen atoms in total. The molecule has 7 heteroatoms. The number of morpholine rings is 1. The number of carbonyl (C=O) groups is 1. The number of ether oxygens (including phenoxy) is 1. The van der Waals surface area contributed by atoms with Crippen LogP contribution in [0.1, 0.15) is 10.5 Å². The van der Waals surface area contributed by atoms with Gasteiger partial charge in [0.25, 0.3) is 5.91 Å². The van der Waals surface area contributed by atoms with E-state index >= 15 is 0 Å². The number of amides is 1. The van der Waals surface area contributed by atoms with Crippen molar-refractivity contribution in [1.29, 1.82) is 0 Å². The molecule has 1 amide bonds. The van der Waals surface area contributed by atoms with E-state index in [1.54, 1.807) is 15.8 Å². The average Bonchev–Trinajstić information content (AvgIpc) is 2.40. The van der Waals surface area contributed by atoms with Gasteiger partial charge in [-0.15, -0.1) is 0 Å². The molecule has 1 unspecified atom stereocenters. The summed E-state index contributed by atoms with van der Waals surface area (Å²) in [4.78, 5) is 26.0. The van der Waals surface area contributed by atoms with Crippen molar-refractivity contribution in [2.45, 2.75) is 6.17 Å². The van der Waals surface area contributed by atoms with E-state index in [-0.39, 0.29) is 17.5 Å². The highest BCUT2D eigenvalue weighted by Gasteiger charge is 2.35. The number of hydrogen-bond acceptors (Lipinski definition) is 4. The highest BCUT2D eigenvalue weighted by atomic mass is 31.1. The van der Waals surface area contributed by atoms with Crippen LogP contribution in [0, 0.1) is 0 Å². The van der Waals surface area contributed by atoms with Gasteiger partial charge >= 0.3 is 0 Å². The molecule has 0 aromatic carbocycles. The summed E-state index contributed by atoms with van der Waals surface area (Å²) >= 11 is 0. The number of nitrogens with one attached hydrogen (secondary N) is 1. The number of pyridine rings is 1. The van der Waals surface area contributed by atoms with Crippen molar-refractivity contribution in [3.05, 3.63) is 28.2 Å². The van der Waals surface area contributed by atoms with Crippen molar-refractivity contribution in [1.82, 2.24) is 9.58 Å². The Morgan fingerprint density at radius 1 is 1.50 bits per heavy atom. The Hall–Kier alpha value is -1.39. The van der Waals surface area contributed by atoms with E-state index in [1.165, 1.54) is 6.07 Å². The molecule has 18 heavy (non-hydrogen) atoms. The maximum Gasteiger partial charge on any atom is 0.275 e. The van der Waals surface area contributed by atoms with E-state index in [4.69, 9.17) is 4.74 Å². The summed E-state index contributed by atoms with van der Waals surface area (Å²) in [7, 11) is 0.304. The van der Waals surface area contributed by atoms with Crippen LogP contribution in [-0.2, 0) is 4.74 Å². The van der Waals surface area contributed by atoms with Gasteiger partial charge in [0.1, 0.15) is 11.9 Å². The molecule has 3 rings (SSSR count). The van der Waals surface area contributed by atoms with Gasteiger partial charge < -0.3 is 15.1 Å². The molecular formula is C11H14N3O3P. The van der Waals surface area contributed by atoms with Gasteiger partial charge in [-0.2, -0.15) is 0 Å². The summed E-state index contributed by atoms with van der Waals surface area (Å²) in [6.45, 7) is 3.49. The van der Waals surface area contributed by atoms with Crippen LogP contribution in [0.5, 0.6) is 0 Å². The third-order valence-electron chi connectivity index (χ3n) is 3.23. The Bertz CT molecular complexity index is 557. The molecule has 0 aliphatic carbocycles. The number of hydrogen-bond donors (Lipinski definition) is 1. The van der Waals surface area contributed by atoms with Crippen LogP contribution in [0.25, 0.3) is 0 Å². The summed E-state index contributed by atoms with van der Waals surface area (Å²) in [6, 6.07) is 1.49. The second kappa shape index (κ2) is 4.37. The molecule has 1 fully saturated rings. The summed E-state index contributed by atoms with van der Waals surface area (Å²) in [5.41, 5.74) is 3.60. The van der Waals surface area contributed by atoms with Crippen molar-refractivity contribution >= 4 is 19.8 Å². The van der Waals surface area contributed by atoms with Gasteiger partial charge in [0, 0.05) is 18.8 Å². The fraction of sp³-hybridized carbons (Fsp3) is 0.455. The van der Waals surface area contributed by atoms with Gasteiger partial charge in [0.05, 0.1) is 18.5 Å². The summed E-state index contributed by atoms with van der Waals surface area (Å²) in [5.74, 6) is -0.0795. The number of rotatable bonds is 1. The maximum atomic E-state index is 12.5. The fourth-order valence-electron chi connectivity index (χ4n) is 2.35. The number of carbonyl (C=O) groups excluding carboxylic acids is 1. The Morgan fingerprint density at radius 3 is 3.11 bits per heavy atom. The maximum absolute atomic E-state index is 12.5. The van der Waals surface area contributed by atoms with E-state index in [0.29, 0.717) is 39.3 Å². The minimum absolute atomic E-state index is 0.0658. The van der Waals surface area contributed by atoms with Crippen molar-refractivity contribution in [2.24, 2.45) is 0 Å².